The second-order valence-corrected chi connectivity index (χ2v) is 10.7. The second-order valence-electron chi connectivity index (χ2n) is 10.7. The molecule has 39 heavy (non-hydrogen) atoms. The lowest BCUT2D eigenvalue weighted by Crippen LogP contribution is -2.36. The van der Waals surface area contributed by atoms with Crippen LogP contribution in [0.25, 0.3) is 11.2 Å². The molecule has 206 valence electrons. The monoisotopic (exact) mass is 542 g/mol. The largest absolute Gasteiger partial charge is 0.477 e. The van der Waals surface area contributed by atoms with Gasteiger partial charge in [0.15, 0.2) is 5.65 Å². The summed E-state index contributed by atoms with van der Waals surface area (Å²) < 4.78 is 46.2. The van der Waals surface area contributed by atoms with Gasteiger partial charge in [0.1, 0.15) is 16.9 Å². The predicted molar refractivity (Wildman–Crippen MR) is 134 cm³/mol. The number of aromatic nitrogens is 4. The maximum Gasteiger partial charge on any atom is 0.433 e. The van der Waals surface area contributed by atoms with Crippen LogP contribution in [0.4, 0.5) is 13.2 Å². The lowest BCUT2D eigenvalue weighted by Gasteiger charge is -2.31. The van der Waals surface area contributed by atoms with Crippen LogP contribution >= 0.6 is 0 Å². The highest BCUT2D eigenvalue weighted by molar-refractivity contribution is 5.94. The first-order chi connectivity index (χ1) is 18.6. The van der Waals surface area contributed by atoms with Crippen molar-refractivity contribution >= 4 is 23.0 Å². The highest BCUT2D eigenvalue weighted by Crippen LogP contribution is 2.52. The van der Waals surface area contributed by atoms with E-state index in [9.17, 15) is 22.8 Å². The van der Waals surface area contributed by atoms with Crippen molar-refractivity contribution in [3.05, 3.63) is 47.5 Å². The van der Waals surface area contributed by atoms with Crippen LogP contribution in [0.2, 0.25) is 0 Å². The molecule has 3 aliphatic rings. The lowest BCUT2D eigenvalue weighted by atomic mass is 9.93. The number of halogens is 3. The number of pyridine rings is 1. The molecule has 3 atom stereocenters. The van der Waals surface area contributed by atoms with Gasteiger partial charge in [-0.15, -0.1) is 0 Å². The van der Waals surface area contributed by atoms with Crippen molar-refractivity contribution < 1.29 is 27.5 Å². The van der Waals surface area contributed by atoms with Gasteiger partial charge in [-0.05, 0) is 36.8 Å². The van der Waals surface area contributed by atoms with E-state index in [0.29, 0.717) is 30.2 Å². The quantitative estimate of drug-likeness (QED) is 0.490. The molecule has 5 heterocycles. The number of carbonyl (C=O) groups excluding carboxylic acids is 2. The molecule has 0 radical (unpaired) electrons. The molecule has 2 unspecified atom stereocenters. The van der Waals surface area contributed by atoms with Gasteiger partial charge in [0, 0.05) is 63.7 Å². The Morgan fingerprint density at radius 2 is 1.79 bits per heavy atom. The Hall–Kier alpha value is -3.70. The Morgan fingerprint density at radius 1 is 1.08 bits per heavy atom. The van der Waals surface area contributed by atoms with E-state index in [-0.39, 0.29) is 42.1 Å². The van der Waals surface area contributed by atoms with Crippen LogP contribution in [0.15, 0.2) is 30.5 Å². The zero-order valence-corrected chi connectivity index (χ0v) is 21.7. The SMILES string of the molecule is CC(=O)N1CCC(c2cc3nc(C(=O)N4CC5C(COc6cccc(C(F)(F)F)n6)[C@@H]5C4)cnc3n2C)CC1. The normalized spacial score (nSPS) is 23.3. The molecule has 2 amide bonds. The Balaban J connectivity index is 1.06. The van der Waals surface area contributed by atoms with E-state index in [0.717, 1.165) is 43.3 Å². The summed E-state index contributed by atoms with van der Waals surface area (Å²) in [5.74, 6) is 0.875. The van der Waals surface area contributed by atoms with Gasteiger partial charge in [0.25, 0.3) is 5.91 Å². The zero-order chi connectivity index (χ0) is 27.5. The van der Waals surface area contributed by atoms with Gasteiger partial charge in [-0.2, -0.15) is 13.2 Å². The van der Waals surface area contributed by atoms with Crippen LogP contribution in [0.1, 0.15) is 47.6 Å². The molecule has 2 aliphatic heterocycles. The van der Waals surface area contributed by atoms with Gasteiger partial charge in [-0.1, -0.05) is 6.07 Å². The highest BCUT2D eigenvalue weighted by atomic mass is 19.4. The third-order valence-electron chi connectivity index (χ3n) is 8.44. The molecule has 0 spiro atoms. The van der Waals surface area contributed by atoms with Crippen LogP contribution < -0.4 is 4.74 Å². The van der Waals surface area contributed by atoms with Gasteiger partial charge < -0.3 is 19.1 Å². The number of piperidine rings is 2. The number of ether oxygens (including phenoxy) is 1. The number of hydrogen-bond acceptors (Lipinski definition) is 6. The number of carbonyl (C=O) groups is 2. The van der Waals surface area contributed by atoms with E-state index in [4.69, 9.17) is 4.74 Å². The van der Waals surface area contributed by atoms with Crippen LogP contribution in [0.5, 0.6) is 5.88 Å². The van der Waals surface area contributed by atoms with Crippen molar-refractivity contribution in [3.8, 4) is 5.88 Å². The van der Waals surface area contributed by atoms with Crippen molar-refractivity contribution in [2.75, 3.05) is 32.8 Å². The fourth-order valence-electron chi connectivity index (χ4n) is 6.16. The Kier molecular flexibility index (Phi) is 6.22. The van der Waals surface area contributed by atoms with Crippen molar-refractivity contribution in [1.82, 2.24) is 29.3 Å². The van der Waals surface area contributed by atoms with Gasteiger partial charge in [-0.25, -0.2) is 15.0 Å². The molecule has 6 rings (SSSR count). The summed E-state index contributed by atoms with van der Waals surface area (Å²) in [6.07, 6.45) is -1.24. The molecule has 3 aromatic heterocycles. The first-order valence-electron chi connectivity index (χ1n) is 13.1. The Morgan fingerprint density at radius 3 is 2.46 bits per heavy atom. The minimum atomic E-state index is -4.52. The highest BCUT2D eigenvalue weighted by Gasteiger charge is 2.57. The average molecular weight is 543 g/mol. The summed E-state index contributed by atoms with van der Waals surface area (Å²) in [7, 11) is 1.95. The summed E-state index contributed by atoms with van der Waals surface area (Å²) in [6, 6.07) is 5.62. The molecule has 9 nitrogen and oxygen atoms in total. The second kappa shape index (κ2) is 9.49. The number of aryl methyl sites for hydroxylation is 1. The molecule has 1 saturated carbocycles. The van der Waals surface area contributed by atoms with Crippen LogP contribution in [0.3, 0.4) is 0 Å². The molecule has 0 N–H and O–H groups in total. The molecule has 3 aromatic rings. The van der Waals surface area contributed by atoms with E-state index in [1.54, 1.807) is 11.8 Å². The summed E-state index contributed by atoms with van der Waals surface area (Å²) in [5.41, 5.74) is 1.83. The van der Waals surface area contributed by atoms with Gasteiger partial charge in [-0.3, -0.25) is 9.59 Å². The standard InChI is InChI=1S/C27H29F3N6O3/c1-15(37)35-8-6-16(7-9-35)22-10-20-25(34(22)2)31-11-21(32-20)26(38)36-12-17-18(13-36)19(17)14-39-24-5-3-4-23(33-24)27(28,29)30/h3-5,10-11,16-19H,6-9,12-14H2,1-2H3/t17-,18?,19?/m1/s1. The number of likely N-dealkylation sites (tertiary alicyclic amines) is 2. The summed E-state index contributed by atoms with van der Waals surface area (Å²) in [4.78, 5) is 41.2. The van der Waals surface area contributed by atoms with Crippen molar-refractivity contribution in [3.63, 3.8) is 0 Å². The van der Waals surface area contributed by atoms with Crippen molar-refractivity contribution in [1.29, 1.82) is 0 Å². The fraction of sp³-hybridized carbons (Fsp3) is 0.519. The topological polar surface area (TPSA) is 93.5 Å². The third kappa shape index (κ3) is 4.80. The minimum Gasteiger partial charge on any atom is -0.477 e. The third-order valence-corrected chi connectivity index (χ3v) is 8.44. The zero-order valence-electron chi connectivity index (χ0n) is 21.7. The Bertz CT molecular complexity index is 1420. The maximum absolute atomic E-state index is 13.2. The first kappa shape index (κ1) is 25.6. The number of alkyl halides is 3. The summed E-state index contributed by atoms with van der Waals surface area (Å²) >= 11 is 0. The smallest absolute Gasteiger partial charge is 0.433 e. The molecular weight excluding hydrogens is 513 g/mol. The van der Waals surface area contributed by atoms with Crippen molar-refractivity contribution in [2.45, 2.75) is 31.9 Å². The number of amides is 2. The molecular formula is C27H29F3N6O3. The van der Waals surface area contributed by atoms with Gasteiger partial charge >= 0.3 is 6.18 Å². The predicted octanol–water partition coefficient (Wildman–Crippen LogP) is 3.51. The van der Waals surface area contributed by atoms with Crippen molar-refractivity contribution in [2.24, 2.45) is 24.8 Å². The summed E-state index contributed by atoms with van der Waals surface area (Å²) in [6.45, 7) is 4.44. The van der Waals surface area contributed by atoms with E-state index >= 15 is 0 Å². The minimum absolute atomic E-state index is 0.0436. The van der Waals surface area contributed by atoms with Gasteiger partial charge in [0.05, 0.1) is 12.8 Å². The number of nitrogens with zero attached hydrogens (tertiary/aromatic N) is 6. The van der Waals surface area contributed by atoms with Crippen LogP contribution in [0, 0.1) is 17.8 Å². The number of hydrogen-bond donors (Lipinski definition) is 0. The van der Waals surface area contributed by atoms with E-state index in [1.807, 2.05) is 22.6 Å². The average Bonchev–Trinajstić information content (AvgIpc) is 3.21. The molecule has 2 saturated heterocycles. The molecule has 1 aliphatic carbocycles. The van der Waals surface area contributed by atoms with E-state index in [1.165, 1.54) is 18.3 Å². The molecule has 3 fully saturated rings. The maximum atomic E-state index is 13.2. The van der Waals surface area contributed by atoms with Crippen LogP contribution in [-0.4, -0.2) is 73.9 Å². The molecule has 0 aromatic carbocycles. The van der Waals surface area contributed by atoms with Crippen LogP contribution in [-0.2, 0) is 18.0 Å². The van der Waals surface area contributed by atoms with E-state index < -0.39 is 11.9 Å². The Labute approximate surface area is 223 Å². The van der Waals surface area contributed by atoms with E-state index in [2.05, 4.69) is 15.0 Å². The number of rotatable bonds is 5. The fourth-order valence-corrected chi connectivity index (χ4v) is 6.16. The number of fused-ring (bicyclic) bond motifs is 2. The lowest BCUT2D eigenvalue weighted by molar-refractivity contribution is -0.141. The summed E-state index contributed by atoms with van der Waals surface area (Å²) in [5, 5.41) is 0. The van der Waals surface area contributed by atoms with Gasteiger partial charge in [0.2, 0.25) is 11.8 Å². The molecule has 12 heteroatoms. The molecule has 0 bridgehead atoms. The first-order valence-corrected chi connectivity index (χ1v) is 13.1.